The van der Waals surface area contributed by atoms with Crippen molar-refractivity contribution >= 4 is 23.1 Å². The number of carbonyl (C=O) groups excluding carboxylic acids is 1. The minimum Gasteiger partial charge on any atom is -0.466 e. The van der Waals surface area contributed by atoms with E-state index in [1.165, 1.54) is 18.4 Å². The number of aromatic nitrogens is 1. The van der Waals surface area contributed by atoms with E-state index >= 15 is 0 Å². The number of nitrogens with one attached hydrogen (secondary N) is 1. The minimum absolute atomic E-state index is 0.334. The molecule has 1 aromatic rings. The number of nitrogens with zero attached hydrogens (tertiary/aromatic N) is 2. The number of ether oxygens (including phenoxy) is 1. The molecule has 2 rings (SSSR count). The topological polar surface area (TPSA) is 63.6 Å². The highest BCUT2D eigenvalue weighted by molar-refractivity contribution is 7.11. The van der Waals surface area contributed by atoms with Gasteiger partial charge in [-0.3, -0.25) is 4.99 Å². The minimum atomic E-state index is -0.341. The first kappa shape index (κ1) is 10.8. The zero-order chi connectivity index (χ0) is 11.5. The van der Waals surface area contributed by atoms with Gasteiger partial charge >= 0.3 is 5.97 Å². The molecule has 2 heterocycles. The average Bonchev–Trinajstić information content (AvgIpc) is 2.81. The summed E-state index contributed by atoms with van der Waals surface area (Å²) in [5.74, 6) is 0.368. The molecule has 0 aromatic carbocycles. The van der Waals surface area contributed by atoms with Gasteiger partial charge in [-0.05, 0) is 6.92 Å². The number of thiazole rings is 1. The molecule has 0 amide bonds. The quantitative estimate of drug-likeness (QED) is 0.777. The third-order valence-electron chi connectivity index (χ3n) is 2.22. The summed E-state index contributed by atoms with van der Waals surface area (Å²) in [7, 11) is 1.36. The van der Waals surface area contributed by atoms with Crippen molar-refractivity contribution in [3.8, 4) is 0 Å². The predicted octanol–water partition coefficient (Wildman–Crippen LogP) is 0.940. The summed E-state index contributed by atoms with van der Waals surface area (Å²) in [6.07, 6.45) is 1.72. The number of allylic oxidation sites excluding steroid dienone is 1. The van der Waals surface area contributed by atoms with Gasteiger partial charge in [0, 0.05) is 17.3 Å². The number of methoxy groups -OCH3 is 1. The van der Waals surface area contributed by atoms with E-state index < -0.39 is 0 Å². The standard InChI is InChI=1S/C10H11N3O2S/c1-6-7(10(14)15-2)5-12-8(13-6)9-11-3-4-16-9/h3-4H,5H2,1-2H3,(H,12,13). The molecule has 0 fully saturated rings. The van der Waals surface area contributed by atoms with Crippen molar-refractivity contribution in [1.82, 2.24) is 10.3 Å². The van der Waals surface area contributed by atoms with Crippen molar-refractivity contribution in [2.45, 2.75) is 6.92 Å². The second-order valence-corrected chi connectivity index (χ2v) is 4.12. The predicted molar refractivity (Wildman–Crippen MR) is 61.4 cm³/mol. The number of hydrogen-bond donors (Lipinski definition) is 1. The van der Waals surface area contributed by atoms with E-state index in [-0.39, 0.29) is 5.97 Å². The van der Waals surface area contributed by atoms with E-state index in [0.717, 1.165) is 10.7 Å². The highest BCUT2D eigenvalue weighted by atomic mass is 32.1. The Labute approximate surface area is 96.9 Å². The Hall–Kier alpha value is -1.69. The zero-order valence-electron chi connectivity index (χ0n) is 8.98. The second kappa shape index (κ2) is 4.44. The van der Waals surface area contributed by atoms with Crippen molar-refractivity contribution in [2.75, 3.05) is 13.7 Å². The van der Waals surface area contributed by atoms with Crippen LogP contribution in [0.1, 0.15) is 11.9 Å². The molecule has 0 spiro atoms. The molecule has 0 aliphatic carbocycles. The van der Waals surface area contributed by atoms with Crippen LogP contribution in [-0.4, -0.2) is 30.4 Å². The Balaban J connectivity index is 2.18. The first-order valence-electron chi connectivity index (χ1n) is 4.71. The van der Waals surface area contributed by atoms with Gasteiger partial charge in [-0.2, -0.15) is 0 Å². The molecule has 0 radical (unpaired) electrons. The van der Waals surface area contributed by atoms with Gasteiger partial charge in [-0.1, -0.05) is 0 Å². The van der Waals surface area contributed by atoms with Crippen LogP contribution in [0.15, 0.2) is 27.8 Å². The number of rotatable bonds is 2. The summed E-state index contributed by atoms with van der Waals surface area (Å²) in [5.41, 5.74) is 1.33. The summed E-state index contributed by atoms with van der Waals surface area (Å²) in [6, 6.07) is 0. The van der Waals surface area contributed by atoms with Gasteiger partial charge in [-0.15, -0.1) is 11.3 Å². The van der Waals surface area contributed by atoms with E-state index in [4.69, 9.17) is 0 Å². The summed E-state index contributed by atoms with van der Waals surface area (Å²) in [6.45, 7) is 2.16. The monoisotopic (exact) mass is 237 g/mol. The number of hydrogen-bond acceptors (Lipinski definition) is 6. The third-order valence-corrected chi connectivity index (χ3v) is 3.00. The molecule has 1 N–H and O–H groups in total. The van der Waals surface area contributed by atoms with E-state index in [2.05, 4.69) is 20.0 Å². The lowest BCUT2D eigenvalue weighted by atomic mass is 10.2. The van der Waals surface area contributed by atoms with Crippen LogP contribution < -0.4 is 5.32 Å². The molecule has 0 saturated heterocycles. The zero-order valence-corrected chi connectivity index (χ0v) is 9.80. The molecule has 0 atom stereocenters. The Morgan fingerprint density at radius 2 is 2.44 bits per heavy atom. The van der Waals surface area contributed by atoms with Gasteiger partial charge in [0.1, 0.15) is 0 Å². The molecule has 84 valence electrons. The first-order chi connectivity index (χ1) is 7.72. The Morgan fingerprint density at radius 3 is 3.00 bits per heavy atom. The van der Waals surface area contributed by atoms with E-state index in [0.29, 0.717) is 18.0 Å². The van der Waals surface area contributed by atoms with Crippen LogP contribution in [0.4, 0.5) is 0 Å². The summed E-state index contributed by atoms with van der Waals surface area (Å²) < 4.78 is 4.67. The number of aliphatic imine (C=N–C) groups is 1. The second-order valence-electron chi connectivity index (χ2n) is 3.22. The maximum Gasteiger partial charge on any atom is 0.337 e. The van der Waals surface area contributed by atoms with Crippen LogP contribution in [0.25, 0.3) is 0 Å². The molecule has 16 heavy (non-hydrogen) atoms. The molecule has 6 heteroatoms. The molecular formula is C10H11N3O2S. The summed E-state index contributed by atoms with van der Waals surface area (Å²) in [5, 5.41) is 5.77. The van der Waals surface area contributed by atoms with Crippen LogP contribution >= 0.6 is 11.3 Å². The third kappa shape index (κ3) is 1.96. The molecule has 5 nitrogen and oxygen atoms in total. The molecule has 0 bridgehead atoms. The first-order valence-corrected chi connectivity index (χ1v) is 5.59. The highest BCUT2D eigenvalue weighted by Crippen LogP contribution is 2.13. The fourth-order valence-corrected chi connectivity index (χ4v) is 1.97. The van der Waals surface area contributed by atoms with Gasteiger partial charge in [-0.25, -0.2) is 9.78 Å². The number of amidine groups is 1. The lowest BCUT2D eigenvalue weighted by Gasteiger charge is -2.16. The molecule has 0 unspecified atom stereocenters. The lowest BCUT2D eigenvalue weighted by Crippen LogP contribution is -2.30. The fraction of sp³-hybridized carbons (Fsp3) is 0.300. The SMILES string of the molecule is COC(=O)C1=C(C)NC(c2nccs2)=NC1. The van der Waals surface area contributed by atoms with Crippen molar-refractivity contribution in [3.05, 3.63) is 27.9 Å². The van der Waals surface area contributed by atoms with Crippen LogP contribution in [0.2, 0.25) is 0 Å². The molecule has 1 aliphatic rings. The van der Waals surface area contributed by atoms with Crippen LogP contribution in [0, 0.1) is 0 Å². The molecule has 0 saturated carbocycles. The summed E-state index contributed by atoms with van der Waals surface area (Å²) >= 11 is 1.50. The maximum atomic E-state index is 11.4. The Kier molecular flexibility index (Phi) is 3.00. The molecule has 1 aromatic heterocycles. The van der Waals surface area contributed by atoms with Gasteiger partial charge in [0.15, 0.2) is 10.8 Å². The normalized spacial score (nSPS) is 15.5. The number of esters is 1. The van der Waals surface area contributed by atoms with Crippen LogP contribution in [0.3, 0.4) is 0 Å². The molecule has 1 aliphatic heterocycles. The van der Waals surface area contributed by atoms with Crippen molar-refractivity contribution in [1.29, 1.82) is 0 Å². The van der Waals surface area contributed by atoms with Crippen molar-refractivity contribution in [3.63, 3.8) is 0 Å². The van der Waals surface area contributed by atoms with Crippen molar-refractivity contribution < 1.29 is 9.53 Å². The van der Waals surface area contributed by atoms with Gasteiger partial charge in [0.25, 0.3) is 0 Å². The fourth-order valence-electron chi connectivity index (χ4n) is 1.37. The van der Waals surface area contributed by atoms with Crippen LogP contribution in [-0.2, 0) is 9.53 Å². The van der Waals surface area contributed by atoms with Gasteiger partial charge in [0.05, 0.1) is 19.2 Å². The smallest absolute Gasteiger partial charge is 0.337 e. The van der Waals surface area contributed by atoms with Crippen LogP contribution in [0.5, 0.6) is 0 Å². The summed E-state index contributed by atoms with van der Waals surface area (Å²) in [4.78, 5) is 19.8. The Morgan fingerprint density at radius 1 is 1.62 bits per heavy atom. The average molecular weight is 237 g/mol. The van der Waals surface area contributed by atoms with E-state index in [9.17, 15) is 4.79 Å². The van der Waals surface area contributed by atoms with Crippen molar-refractivity contribution in [2.24, 2.45) is 4.99 Å². The number of carbonyl (C=O) groups is 1. The van der Waals surface area contributed by atoms with Gasteiger partial charge < -0.3 is 10.1 Å². The largest absolute Gasteiger partial charge is 0.466 e. The lowest BCUT2D eigenvalue weighted by molar-refractivity contribution is -0.136. The maximum absolute atomic E-state index is 11.4. The van der Waals surface area contributed by atoms with E-state index in [1.807, 2.05) is 12.3 Å². The Bertz CT molecular complexity index is 462. The van der Waals surface area contributed by atoms with E-state index in [1.54, 1.807) is 6.20 Å². The highest BCUT2D eigenvalue weighted by Gasteiger charge is 2.20. The van der Waals surface area contributed by atoms with Gasteiger partial charge in [0.2, 0.25) is 0 Å². The molecular weight excluding hydrogens is 226 g/mol.